The summed E-state index contributed by atoms with van der Waals surface area (Å²) in [7, 11) is 0. The van der Waals surface area contributed by atoms with Crippen molar-refractivity contribution in [1.82, 2.24) is 20.2 Å². The molecule has 1 aliphatic rings. The maximum atomic E-state index is 13.3. The average molecular weight is 276 g/mol. The van der Waals surface area contributed by atoms with E-state index in [1.165, 1.54) is 10.7 Å². The number of carboxylic acid groups (broad SMARTS) is 1. The third kappa shape index (κ3) is 1.70. The minimum atomic E-state index is -1.07. The van der Waals surface area contributed by atoms with Gasteiger partial charge in [0.1, 0.15) is 5.82 Å². The van der Waals surface area contributed by atoms with E-state index in [9.17, 15) is 14.3 Å². The van der Waals surface area contributed by atoms with Crippen molar-refractivity contribution in [3.8, 4) is 11.4 Å². The van der Waals surface area contributed by atoms with E-state index in [1.807, 2.05) is 0 Å². The van der Waals surface area contributed by atoms with Crippen molar-refractivity contribution in [2.75, 3.05) is 0 Å². The van der Waals surface area contributed by atoms with Crippen LogP contribution in [0.25, 0.3) is 11.4 Å². The number of hydrogen-bond acceptors (Lipinski definition) is 4. The van der Waals surface area contributed by atoms with Crippen LogP contribution in [0, 0.1) is 12.7 Å². The second-order valence-corrected chi connectivity index (χ2v) is 5.07. The summed E-state index contributed by atoms with van der Waals surface area (Å²) >= 11 is 0. The van der Waals surface area contributed by atoms with E-state index in [0.29, 0.717) is 29.8 Å². The molecule has 1 fully saturated rings. The number of halogens is 1. The average Bonchev–Trinajstić information content (AvgIpc) is 2.80. The molecular weight excluding hydrogens is 263 g/mol. The first kappa shape index (κ1) is 12.7. The van der Waals surface area contributed by atoms with Crippen molar-refractivity contribution in [1.29, 1.82) is 0 Å². The van der Waals surface area contributed by atoms with Gasteiger partial charge in [-0.15, -0.1) is 5.10 Å². The highest BCUT2D eigenvalue weighted by Gasteiger charge is 2.49. The molecule has 0 atom stereocenters. The molecule has 7 heteroatoms. The van der Waals surface area contributed by atoms with Crippen LogP contribution >= 0.6 is 0 Å². The molecule has 1 aromatic heterocycles. The molecule has 1 heterocycles. The Morgan fingerprint density at radius 1 is 1.45 bits per heavy atom. The molecule has 104 valence electrons. The van der Waals surface area contributed by atoms with Crippen molar-refractivity contribution in [3.63, 3.8) is 0 Å². The summed E-state index contributed by atoms with van der Waals surface area (Å²) in [5.74, 6) is -0.893. The van der Waals surface area contributed by atoms with Gasteiger partial charge in [-0.1, -0.05) is 0 Å². The standard InChI is InChI=1S/C13H13FN4O2/c1-8-7-9(3-4-10(8)14)11-15-16-17-18(11)13(12(19)20)5-2-6-13/h3-4,7H,2,5-6H2,1H3,(H,19,20). The zero-order valence-corrected chi connectivity index (χ0v) is 10.9. The number of carboxylic acids is 1. The van der Waals surface area contributed by atoms with Crippen molar-refractivity contribution >= 4 is 5.97 Å². The van der Waals surface area contributed by atoms with Crippen molar-refractivity contribution in [2.24, 2.45) is 0 Å². The van der Waals surface area contributed by atoms with Gasteiger partial charge in [0.15, 0.2) is 11.4 Å². The Morgan fingerprint density at radius 3 is 2.75 bits per heavy atom. The molecule has 0 spiro atoms. The summed E-state index contributed by atoms with van der Waals surface area (Å²) in [5.41, 5.74) is 0.0117. The van der Waals surface area contributed by atoms with E-state index in [-0.39, 0.29) is 5.82 Å². The second-order valence-electron chi connectivity index (χ2n) is 5.07. The van der Waals surface area contributed by atoms with Gasteiger partial charge in [0.05, 0.1) is 0 Å². The maximum Gasteiger partial charge on any atom is 0.331 e. The highest BCUT2D eigenvalue weighted by atomic mass is 19.1. The van der Waals surface area contributed by atoms with E-state index >= 15 is 0 Å². The molecule has 0 unspecified atom stereocenters. The number of hydrogen-bond donors (Lipinski definition) is 1. The normalized spacial score (nSPS) is 16.7. The van der Waals surface area contributed by atoms with Crippen LogP contribution < -0.4 is 0 Å². The van der Waals surface area contributed by atoms with Gasteiger partial charge in [0, 0.05) is 5.56 Å². The monoisotopic (exact) mass is 276 g/mol. The molecule has 1 aliphatic carbocycles. The molecule has 6 nitrogen and oxygen atoms in total. The summed E-state index contributed by atoms with van der Waals surface area (Å²) in [4.78, 5) is 11.5. The zero-order valence-electron chi connectivity index (χ0n) is 10.9. The third-order valence-corrected chi connectivity index (χ3v) is 3.87. The predicted molar refractivity (Wildman–Crippen MR) is 67.4 cm³/mol. The number of carbonyl (C=O) groups is 1. The first-order valence-electron chi connectivity index (χ1n) is 6.33. The lowest BCUT2D eigenvalue weighted by molar-refractivity contribution is -0.153. The van der Waals surface area contributed by atoms with E-state index in [4.69, 9.17) is 0 Å². The third-order valence-electron chi connectivity index (χ3n) is 3.87. The van der Waals surface area contributed by atoms with Gasteiger partial charge in [0.25, 0.3) is 0 Å². The molecule has 20 heavy (non-hydrogen) atoms. The number of nitrogens with zero attached hydrogens (tertiary/aromatic N) is 4. The molecule has 1 aromatic carbocycles. The number of rotatable bonds is 3. The largest absolute Gasteiger partial charge is 0.479 e. The Bertz CT molecular complexity index is 679. The fraction of sp³-hybridized carbons (Fsp3) is 0.385. The van der Waals surface area contributed by atoms with Gasteiger partial charge < -0.3 is 5.11 Å². The van der Waals surface area contributed by atoms with E-state index in [1.54, 1.807) is 19.1 Å². The highest BCUT2D eigenvalue weighted by molar-refractivity contribution is 5.78. The van der Waals surface area contributed by atoms with Crippen LogP contribution in [0.2, 0.25) is 0 Å². The van der Waals surface area contributed by atoms with Gasteiger partial charge >= 0.3 is 5.97 Å². The molecule has 1 saturated carbocycles. The summed E-state index contributed by atoms with van der Waals surface area (Å²) in [6, 6.07) is 4.50. The first-order valence-corrected chi connectivity index (χ1v) is 6.33. The van der Waals surface area contributed by atoms with Crippen LogP contribution in [0.5, 0.6) is 0 Å². The van der Waals surface area contributed by atoms with Gasteiger partial charge in [-0.3, -0.25) is 0 Å². The summed E-state index contributed by atoms with van der Waals surface area (Å²) in [6.45, 7) is 1.64. The lowest BCUT2D eigenvalue weighted by Gasteiger charge is -2.37. The molecule has 1 N–H and O–H groups in total. The molecule has 0 amide bonds. The van der Waals surface area contributed by atoms with Crippen LogP contribution in [0.4, 0.5) is 4.39 Å². The first-order chi connectivity index (χ1) is 9.54. The SMILES string of the molecule is Cc1cc(-c2nnnn2C2(C(=O)O)CCC2)ccc1F. The van der Waals surface area contributed by atoms with Crippen molar-refractivity contribution in [3.05, 3.63) is 29.6 Å². The lowest BCUT2D eigenvalue weighted by atomic mass is 9.76. The Morgan fingerprint density at radius 2 is 2.20 bits per heavy atom. The van der Waals surface area contributed by atoms with Crippen LogP contribution in [0.1, 0.15) is 24.8 Å². The molecule has 0 saturated heterocycles. The molecule has 3 rings (SSSR count). The zero-order chi connectivity index (χ0) is 14.3. The topological polar surface area (TPSA) is 80.9 Å². The molecule has 2 aromatic rings. The Kier molecular flexibility index (Phi) is 2.77. The minimum Gasteiger partial charge on any atom is -0.479 e. The number of benzene rings is 1. The summed E-state index contributed by atoms with van der Waals surface area (Å²) in [6.07, 6.45) is 1.83. The molecular formula is C13H13FN4O2. The molecule has 0 bridgehead atoms. The Hall–Kier alpha value is -2.31. The molecule has 0 radical (unpaired) electrons. The van der Waals surface area contributed by atoms with Gasteiger partial charge in [-0.2, -0.15) is 0 Å². The van der Waals surface area contributed by atoms with Crippen molar-refractivity contribution in [2.45, 2.75) is 31.7 Å². The minimum absolute atomic E-state index is 0.315. The quantitative estimate of drug-likeness (QED) is 0.923. The number of aryl methyl sites for hydroxylation is 1. The van der Waals surface area contributed by atoms with Gasteiger partial charge in [0.2, 0.25) is 0 Å². The van der Waals surface area contributed by atoms with Crippen molar-refractivity contribution < 1.29 is 14.3 Å². The highest BCUT2D eigenvalue weighted by Crippen LogP contribution is 2.40. The fourth-order valence-electron chi connectivity index (χ4n) is 2.47. The lowest BCUT2D eigenvalue weighted by Crippen LogP contribution is -2.48. The predicted octanol–water partition coefficient (Wildman–Crippen LogP) is 1.75. The van der Waals surface area contributed by atoms with Crippen LogP contribution in [-0.4, -0.2) is 31.3 Å². The second kappa shape index (κ2) is 4.36. The van der Waals surface area contributed by atoms with Gasteiger partial charge in [-0.25, -0.2) is 13.9 Å². The fourth-order valence-corrected chi connectivity index (χ4v) is 2.47. The van der Waals surface area contributed by atoms with Crippen LogP contribution in [-0.2, 0) is 10.3 Å². The molecule has 0 aliphatic heterocycles. The maximum absolute atomic E-state index is 13.3. The van der Waals surface area contributed by atoms with E-state index < -0.39 is 11.5 Å². The number of aliphatic carboxylic acids is 1. The Balaban J connectivity index is 2.10. The van der Waals surface area contributed by atoms with Crippen LogP contribution in [0.3, 0.4) is 0 Å². The smallest absolute Gasteiger partial charge is 0.331 e. The number of aromatic nitrogens is 4. The van der Waals surface area contributed by atoms with E-state index in [2.05, 4.69) is 15.5 Å². The van der Waals surface area contributed by atoms with E-state index in [0.717, 1.165) is 6.42 Å². The van der Waals surface area contributed by atoms with Crippen LogP contribution in [0.15, 0.2) is 18.2 Å². The number of tetrazole rings is 1. The summed E-state index contributed by atoms with van der Waals surface area (Å²) in [5, 5.41) is 20.8. The summed E-state index contributed by atoms with van der Waals surface area (Å²) < 4.78 is 14.7. The Labute approximate surface area is 114 Å². The van der Waals surface area contributed by atoms with Gasteiger partial charge in [-0.05, 0) is 60.4 Å².